The van der Waals surface area contributed by atoms with Gasteiger partial charge < -0.3 is 9.64 Å². The first kappa shape index (κ1) is 25.0. The first-order valence-corrected chi connectivity index (χ1v) is 13.1. The monoisotopic (exact) mass is 502 g/mol. The van der Waals surface area contributed by atoms with Gasteiger partial charge in [-0.1, -0.05) is 6.08 Å². The van der Waals surface area contributed by atoms with Gasteiger partial charge >= 0.3 is 5.69 Å². The van der Waals surface area contributed by atoms with Crippen LogP contribution in [0.1, 0.15) is 63.6 Å². The minimum atomic E-state index is -1.13. The minimum absolute atomic E-state index is 0.0317. The van der Waals surface area contributed by atoms with Crippen molar-refractivity contribution in [3.63, 3.8) is 0 Å². The Hall–Kier alpha value is -2.62. The van der Waals surface area contributed by atoms with Crippen molar-refractivity contribution in [2.24, 2.45) is 28.2 Å². The van der Waals surface area contributed by atoms with Crippen LogP contribution >= 0.6 is 0 Å². The van der Waals surface area contributed by atoms with Crippen LogP contribution in [0, 0.1) is 5.92 Å². The maximum absolute atomic E-state index is 15.3. The average molecular weight is 503 g/mol. The van der Waals surface area contributed by atoms with Crippen LogP contribution in [0.25, 0.3) is 0 Å². The summed E-state index contributed by atoms with van der Waals surface area (Å²) in [6.45, 7) is 7.01. The molecule has 1 fully saturated rings. The molecule has 1 aliphatic carbocycles. The Morgan fingerprint density at radius 2 is 2.00 bits per heavy atom. The maximum Gasteiger partial charge on any atom is 0.330 e. The molecule has 196 valence electrons. The Morgan fingerprint density at radius 3 is 2.69 bits per heavy atom. The third-order valence-electron chi connectivity index (χ3n) is 7.77. The topological polar surface area (TPSA) is 76.5 Å². The Bertz CT molecular complexity index is 1140. The fraction of sp³-hybridized carbons (Fsp3) is 0.692. The zero-order valence-electron chi connectivity index (χ0n) is 21.3. The Morgan fingerprint density at radius 1 is 1.22 bits per heavy atom. The Labute approximate surface area is 210 Å². The zero-order valence-corrected chi connectivity index (χ0v) is 21.3. The first-order chi connectivity index (χ1) is 17.3. The van der Waals surface area contributed by atoms with E-state index in [1.54, 1.807) is 17.8 Å². The van der Waals surface area contributed by atoms with Gasteiger partial charge in [-0.3, -0.25) is 9.13 Å². The molecule has 5 rings (SSSR count). The molecule has 1 saturated heterocycles. The molecule has 1 aromatic heterocycles. The highest BCUT2D eigenvalue weighted by Crippen LogP contribution is 2.45. The Balaban J connectivity index is 1.23. The third kappa shape index (κ3) is 4.84. The van der Waals surface area contributed by atoms with Gasteiger partial charge in [0.15, 0.2) is 5.82 Å². The third-order valence-corrected chi connectivity index (χ3v) is 7.77. The molecule has 4 aliphatic rings. The van der Waals surface area contributed by atoms with Crippen LogP contribution in [-0.4, -0.2) is 64.9 Å². The smallest absolute Gasteiger partial charge is 0.330 e. The lowest BCUT2D eigenvalue weighted by atomic mass is 9.77. The molecule has 36 heavy (non-hydrogen) atoms. The number of rotatable bonds is 7. The largest absolute Gasteiger partial charge is 0.478 e. The summed E-state index contributed by atoms with van der Waals surface area (Å²) in [5.41, 5.74) is 1.40. The molecule has 0 bridgehead atoms. The van der Waals surface area contributed by atoms with Gasteiger partial charge in [0.05, 0.1) is 18.3 Å². The highest BCUT2D eigenvalue weighted by Gasteiger charge is 2.41. The van der Waals surface area contributed by atoms with E-state index in [0.717, 1.165) is 31.7 Å². The molecule has 4 atom stereocenters. The van der Waals surface area contributed by atoms with Crippen molar-refractivity contribution in [3.05, 3.63) is 39.8 Å². The van der Waals surface area contributed by atoms with Crippen LogP contribution in [0.5, 0.6) is 0 Å². The summed E-state index contributed by atoms with van der Waals surface area (Å²) in [6, 6.07) is -0.343. The quantitative estimate of drug-likeness (QED) is 0.399. The number of azo groups is 1. The second-order valence-corrected chi connectivity index (χ2v) is 10.6. The number of halogens is 2. The van der Waals surface area contributed by atoms with Crippen molar-refractivity contribution >= 4 is 12.0 Å². The lowest BCUT2D eigenvalue weighted by Gasteiger charge is -2.34. The first-order valence-electron chi connectivity index (χ1n) is 13.1. The van der Waals surface area contributed by atoms with Crippen LogP contribution in [0.15, 0.2) is 43.6 Å². The number of imidazole rings is 1. The summed E-state index contributed by atoms with van der Waals surface area (Å²) in [4.78, 5) is 19.6. The van der Waals surface area contributed by atoms with E-state index in [0.29, 0.717) is 43.1 Å². The maximum atomic E-state index is 15.3. The number of allylic oxidation sites excluding steroid dienone is 2. The summed E-state index contributed by atoms with van der Waals surface area (Å²) in [5, 5.41) is 8.66. The second-order valence-electron chi connectivity index (χ2n) is 10.6. The number of hydrogen-bond acceptors (Lipinski definition) is 6. The molecule has 8 nitrogen and oxygen atoms in total. The molecule has 0 amide bonds. The number of piperidine rings is 1. The molecule has 0 aromatic carbocycles. The molecule has 3 aliphatic heterocycles. The molecule has 10 heteroatoms. The predicted octanol–water partition coefficient (Wildman–Crippen LogP) is 4.76. The fourth-order valence-electron chi connectivity index (χ4n) is 5.76. The number of likely N-dealkylation sites (tertiary alicyclic amines) is 1. The van der Waals surface area contributed by atoms with Crippen LogP contribution in [0.2, 0.25) is 0 Å². The predicted molar refractivity (Wildman–Crippen MR) is 135 cm³/mol. The number of hydrogen-bond donors (Lipinski definition) is 0. The van der Waals surface area contributed by atoms with Crippen molar-refractivity contribution in [2.45, 2.75) is 76.3 Å². The van der Waals surface area contributed by atoms with E-state index in [9.17, 15) is 9.18 Å². The van der Waals surface area contributed by atoms with E-state index in [1.807, 2.05) is 26.0 Å². The molecule has 0 spiro atoms. The fourth-order valence-corrected chi connectivity index (χ4v) is 5.76. The van der Waals surface area contributed by atoms with Crippen molar-refractivity contribution in [1.82, 2.24) is 14.0 Å². The molecule has 0 saturated carbocycles. The lowest BCUT2D eigenvalue weighted by Crippen LogP contribution is -2.35. The summed E-state index contributed by atoms with van der Waals surface area (Å²) in [7, 11) is 1.71. The second kappa shape index (κ2) is 10.4. The van der Waals surface area contributed by atoms with Gasteiger partial charge in [0.1, 0.15) is 12.3 Å². The van der Waals surface area contributed by atoms with Crippen LogP contribution in [-0.2, 0) is 11.8 Å². The van der Waals surface area contributed by atoms with Gasteiger partial charge in [-0.15, -0.1) is 5.11 Å². The van der Waals surface area contributed by atoms with Crippen molar-refractivity contribution in [3.8, 4) is 0 Å². The minimum Gasteiger partial charge on any atom is -0.478 e. The van der Waals surface area contributed by atoms with Gasteiger partial charge in [-0.25, -0.2) is 18.6 Å². The number of ether oxygens (including phenoxy) is 1. The number of alkyl halides is 2. The normalized spacial score (nSPS) is 28.6. The van der Waals surface area contributed by atoms with Crippen molar-refractivity contribution < 1.29 is 13.5 Å². The molecule has 0 radical (unpaired) electrons. The van der Waals surface area contributed by atoms with Gasteiger partial charge in [0.25, 0.3) is 0 Å². The highest BCUT2D eigenvalue weighted by atomic mass is 19.1. The zero-order chi connectivity index (χ0) is 25.4. The van der Waals surface area contributed by atoms with E-state index in [2.05, 4.69) is 20.1 Å². The van der Waals surface area contributed by atoms with Crippen molar-refractivity contribution in [1.29, 1.82) is 0 Å². The highest BCUT2D eigenvalue weighted by molar-refractivity contribution is 5.68. The summed E-state index contributed by atoms with van der Waals surface area (Å²) in [5.74, 6) is 0.794. The van der Waals surface area contributed by atoms with Gasteiger partial charge in [-0.2, -0.15) is 5.11 Å². The molecule has 1 aromatic rings. The number of nitrogens with zero attached hydrogens (tertiary/aromatic N) is 6. The molecular weight excluding hydrogens is 466 g/mol. The number of aliphatic imine (C=N–C) groups is 1. The van der Waals surface area contributed by atoms with Gasteiger partial charge in [0, 0.05) is 57.2 Å². The van der Waals surface area contributed by atoms with Crippen LogP contribution in [0.4, 0.5) is 14.6 Å². The van der Waals surface area contributed by atoms with Gasteiger partial charge in [0.2, 0.25) is 5.88 Å². The summed E-state index contributed by atoms with van der Waals surface area (Å²) < 4.78 is 37.7. The molecule has 0 N–H and O–H groups in total. The molecular formula is C26H36F2N6O2. The lowest BCUT2D eigenvalue weighted by molar-refractivity contribution is 0.132. The van der Waals surface area contributed by atoms with E-state index in [-0.39, 0.29) is 36.0 Å². The summed E-state index contributed by atoms with van der Waals surface area (Å²) in [6.07, 6.45) is 6.86. The molecule has 4 heterocycles. The summed E-state index contributed by atoms with van der Waals surface area (Å²) >= 11 is 0. The average Bonchev–Trinajstić information content (AvgIpc) is 3.13. The van der Waals surface area contributed by atoms with E-state index in [4.69, 9.17) is 4.74 Å². The SMILES string of the molecule is CC(C)n1c2c(n(C)c1=O)N=NC1CC(F)C(C3C=NC(OCCCN4CCC(F)CC4)=CC3)=CC21. The van der Waals surface area contributed by atoms with Crippen LogP contribution in [0.3, 0.4) is 0 Å². The molecule has 4 unspecified atom stereocenters. The Kier molecular flexibility index (Phi) is 7.23. The standard InChI is InChI=1S/C26H36F2N6O2/c1-16(2)34-24-20-13-19(21(28)14-22(20)30-31-25(24)32(3)26(34)35)17-5-6-23(29-15-17)36-12-4-9-33-10-7-18(27)8-11-33/h6,13,15-18,20-22H,4-5,7-12,14H2,1-3H3. The van der Waals surface area contributed by atoms with E-state index >= 15 is 4.39 Å². The number of aromatic nitrogens is 2. The van der Waals surface area contributed by atoms with E-state index < -0.39 is 12.3 Å². The van der Waals surface area contributed by atoms with E-state index in [1.165, 1.54) is 4.57 Å². The van der Waals surface area contributed by atoms with Crippen LogP contribution < -0.4 is 5.69 Å². The van der Waals surface area contributed by atoms with Gasteiger partial charge in [-0.05, 0) is 51.2 Å². The van der Waals surface area contributed by atoms with Crippen molar-refractivity contribution in [2.75, 3.05) is 26.2 Å². The number of fused-ring (bicyclic) bond motifs is 3.